The van der Waals surface area contributed by atoms with Crippen LogP contribution in [0.25, 0.3) is 10.6 Å². The first-order valence-electron chi connectivity index (χ1n) is 10.7. The number of thiophene rings is 1. The Labute approximate surface area is 191 Å². The lowest BCUT2D eigenvalue weighted by molar-refractivity contribution is -0.124. The fourth-order valence-corrected chi connectivity index (χ4v) is 5.57. The monoisotopic (exact) mass is 453 g/mol. The Morgan fingerprint density at radius 2 is 2.06 bits per heavy atom. The maximum atomic E-state index is 13.3. The maximum absolute atomic E-state index is 13.3. The summed E-state index contributed by atoms with van der Waals surface area (Å²) in [7, 11) is 0. The number of carbonyl (C=O) groups is 2. The fraction of sp³-hybridized carbons (Fsp3) is 0.375. The van der Waals surface area contributed by atoms with E-state index in [0.717, 1.165) is 33.9 Å². The molecular formula is C24H27N3O2S2. The van der Waals surface area contributed by atoms with Crippen molar-refractivity contribution in [1.82, 2.24) is 10.3 Å². The lowest BCUT2D eigenvalue weighted by Gasteiger charge is -2.39. The molecule has 3 atom stereocenters. The average molecular weight is 454 g/mol. The Morgan fingerprint density at radius 1 is 1.26 bits per heavy atom. The molecule has 0 aliphatic carbocycles. The minimum atomic E-state index is -0.242. The molecule has 2 amide bonds. The van der Waals surface area contributed by atoms with E-state index in [1.165, 1.54) is 0 Å². The van der Waals surface area contributed by atoms with Gasteiger partial charge in [-0.05, 0) is 49.8 Å². The summed E-state index contributed by atoms with van der Waals surface area (Å²) in [5.41, 5.74) is 3.65. The van der Waals surface area contributed by atoms with E-state index < -0.39 is 0 Å². The van der Waals surface area contributed by atoms with Crippen LogP contribution in [0.15, 0.2) is 46.5 Å². The second kappa shape index (κ2) is 9.32. The summed E-state index contributed by atoms with van der Waals surface area (Å²) in [5, 5.41) is 10.1. The van der Waals surface area contributed by atoms with Crippen LogP contribution in [0.3, 0.4) is 0 Å². The van der Waals surface area contributed by atoms with Gasteiger partial charge in [0, 0.05) is 34.1 Å². The number of rotatable bonds is 6. The number of para-hydroxylation sites is 1. The Hall–Kier alpha value is -2.51. The maximum Gasteiger partial charge on any atom is 0.233 e. The van der Waals surface area contributed by atoms with E-state index in [2.05, 4.69) is 22.6 Å². The second-order valence-corrected chi connectivity index (χ2v) is 9.75. The summed E-state index contributed by atoms with van der Waals surface area (Å²) < 4.78 is 0. The molecule has 162 valence electrons. The zero-order valence-electron chi connectivity index (χ0n) is 18.0. The molecular weight excluding hydrogens is 426 g/mol. The fourth-order valence-electron chi connectivity index (χ4n) is 4.03. The van der Waals surface area contributed by atoms with Crippen LogP contribution in [0.5, 0.6) is 0 Å². The number of thiazole rings is 1. The normalized spacial score (nSPS) is 19.0. The third-order valence-corrected chi connectivity index (χ3v) is 7.45. The van der Waals surface area contributed by atoms with Gasteiger partial charge in [-0.25, -0.2) is 4.98 Å². The number of carbonyl (C=O) groups excluding carboxylic acids is 2. The molecule has 2 aromatic heterocycles. The molecule has 0 radical (unpaired) electrons. The highest BCUT2D eigenvalue weighted by molar-refractivity contribution is 7.14. The van der Waals surface area contributed by atoms with Crippen molar-refractivity contribution >= 4 is 40.2 Å². The minimum absolute atomic E-state index is 0.0166. The summed E-state index contributed by atoms with van der Waals surface area (Å²) in [6, 6.07) is 9.90. The number of amides is 2. The summed E-state index contributed by atoms with van der Waals surface area (Å²) in [4.78, 5) is 32.8. The lowest BCUT2D eigenvalue weighted by Crippen LogP contribution is -2.47. The third kappa shape index (κ3) is 4.57. The first-order chi connectivity index (χ1) is 15.0. The van der Waals surface area contributed by atoms with E-state index in [4.69, 9.17) is 0 Å². The van der Waals surface area contributed by atoms with Gasteiger partial charge in [0.2, 0.25) is 11.8 Å². The molecule has 0 saturated heterocycles. The van der Waals surface area contributed by atoms with E-state index in [9.17, 15) is 9.59 Å². The summed E-state index contributed by atoms with van der Waals surface area (Å²) in [6.07, 6.45) is 1.76. The molecule has 1 aromatic carbocycles. The standard InChI is InChI=1S/C24H27N3O2S2/c1-4-15(2)25-23(29)20-11-16(3)27(21-8-6-5-7-19(20)21)22(28)12-18-14-31-24(26-18)17-9-10-30-13-17/h5-10,13-16,20H,4,11-12H2,1-3H3,(H,25,29)/t15-,16+,20-/m0/s1. The molecule has 3 aromatic rings. The van der Waals surface area contributed by atoms with Crippen LogP contribution in [0, 0.1) is 0 Å². The van der Waals surface area contributed by atoms with Crippen molar-refractivity contribution in [2.75, 3.05) is 4.90 Å². The van der Waals surface area contributed by atoms with Gasteiger partial charge in [0.15, 0.2) is 0 Å². The van der Waals surface area contributed by atoms with Crippen molar-refractivity contribution in [2.24, 2.45) is 0 Å². The van der Waals surface area contributed by atoms with Gasteiger partial charge < -0.3 is 10.2 Å². The molecule has 0 saturated carbocycles. The van der Waals surface area contributed by atoms with Gasteiger partial charge in [0.25, 0.3) is 0 Å². The predicted molar refractivity (Wildman–Crippen MR) is 128 cm³/mol. The van der Waals surface area contributed by atoms with Crippen molar-refractivity contribution in [2.45, 2.75) is 58.0 Å². The van der Waals surface area contributed by atoms with Crippen molar-refractivity contribution < 1.29 is 9.59 Å². The first-order valence-corrected chi connectivity index (χ1v) is 12.5. The Balaban J connectivity index is 1.56. The largest absolute Gasteiger partial charge is 0.353 e. The summed E-state index contributed by atoms with van der Waals surface area (Å²) in [6.45, 7) is 6.10. The van der Waals surface area contributed by atoms with Gasteiger partial charge in [-0.2, -0.15) is 11.3 Å². The number of benzene rings is 1. The Morgan fingerprint density at radius 3 is 2.81 bits per heavy atom. The highest BCUT2D eigenvalue weighted by atomic mass is 32.1. The van der Waals surface area contributed by atoms with E-state index in [1.54, 1.807) is 22.7 Å². The molecule has 0 spiro atoms. The van der Waals surface area contributed by atoms with Crippen LogP contribution >= 0.6 is 22.7 Å². The number of aromatic nitrogens is 1. The highest BCUT2D eigenvalue weighted by Gasteiger charge is 2.37. The number of hydrogen-bond donors (Lipinski definition) is 1. The van der Waals surface area contributed by atoms with Crippen LogP contribution in [0.2, 0.25) is 0 Å². The van der Waals surface area contributed by atoms with Gasteiger partial charge in [-0.1, -0.05) is 25.1 Å². The number of anilines is 1. The van der Waals surface area contributed by atoms with Crippen LogP contribution in [0.1, 0.15) is 50.8 Å². The van der Waals surface area contributed by atoms with E-state index >= 15 is 0 Å². The second-order valence-electron chi connectivity index (χ2n) is 8.11. The van der Waals surface area contributed by atoms with Crippen LogP contribution in [-0.4, -0.2) is 28.9 Å². The highest BCUT2D eigenvalue weighted by Crippen LogP contribution is 2.39. The number of fused-ring (bicyclic) bond motifs is 1. The van der Waals surface area contributed by atoms with Gasteiger partial charge in [0.05, 0.1) is 18.0 Å². The Bertz CT molecular complexity index is 1060. The van der Waals surface area contributed by atoms with Gasteiger partial charge in [0.1, 0.15) is 5.01 Å². The number of nitrogens with one attached hydrogen (secondary N) is 1. The van der Waals surface area contributed by atoms with Crippen molar-refractivity contribution in [3.8, 4) is 10.6 Å². The quantitative estimate of drug-likeness (QED) is 0.555. The molecule has 5 nitrogen and oxygen atoms in total. The third-order valence-electron chi connectivity index (χ3n) is 5.83. The van der Waals surface area contributed by atoms with Crippen molar-refractivity contribution in [3.63, 3.8) is 0 Å². The zero-order chi connectivity index (χ0) is 22.0. The average Bonchev–Trinajstić information content (AvgIpc) is 3.44. The molecule has 4 rings (SSSR count). The molecule has 31 heavy (non-hydrogen) atoms. The Kier molecular flexibility index (Phi) is 6.53. The van der Waals surface area contributed by atoms with Crippen LogP contribution in [0.4, 0.5) is 5.69 Å². The first kappa shape index (κ1) is 21.7. The predicted octanol–water partition coefficient (Wildman–Crippen LogP) is 5.24. The molecule has 1 N–H and O–H groups in total. The molecule has 0 unspecified atom stereocenters. The van der Waals surface area contributed by atoms with Gasteiger partial charge in [-0.15, -0.1) is 11.3 Å². The molecule has 0 bridgehead atoms. The molecule has 3 heterocycles. The lowest BCUT2D eigenvalue weighted by atomic mass is 9.85. The SMILES string of the molecule is CC[C@H](C)NC(=O)[C@H]1C[C@@H](C)N(C(=O)Cc2csc(-c3ccsc3)n2)c2ccccc21. The number of nitrogens with zero attached hydrogens (tertiary/aromatic N) is 2. The minimum Gasteiger partial charge on any atom is -0.353 e. The van der Waals surface area contributed by atoms with Crippen molar-refractivity contribution in [3.05, 3.63) is 57.7 Å². The van der Waals surface area contributed by atoms with Gasteiger partial charge >= 0.3 is 0 Å². The molecule has 1 aliphatic heterocycles. The van der Waals surface area contributed by atoms with Gasteiger partial charge in [-0.3, -0.25) is 9.59 Å². The topological polar surface area (TPSA) is 62.3 Å². The van der Waals surface area contributed by atoms with E-state index in [0.29, 0.717) is 6.42 Å². The number of hydrogen-bond acceptors (Lipinski definition) is 5. The summed E-state index contributed by atoms with van der Waals surface area (Å²) in [5.74, 6) is -0.183. The molecule has 1 aliphatic rings. The molecule has 0 fully saturated rings. The summed E-state index contributed by atoms with van der Waals surface area (Å²) >= 11 is 3.21. The van der Waals surface area contributed by atoms with E-state index in [1.807, 2.05) is 59.8 Å². The van der Waals surface area contributed by atoms with Crippen molar-refractivity contribution in [1.29, 1.82) is 0 Å². The van der Waals surface area contributed by atoms with E-state index in [-0.39, 0.29) is 36.2 Å². The zero-order valence-corrected chi connectivity index (χ0v) is 19.6. The smallest absolute Gasteiger partial charge is 0.233 e. The van der Waals surface area contributed by atoms with Crippen LogP contribution < -0.4 is 10.2 Å². The molecule has 7 heteroatoms. The van der Waals surface area contributed by atoms with Crippen LogP contribution in [-0.2, 0) is 16.0 Å².